The molecule has 3 aromatic rings. The fourth-order valence-electron chi connectivity index (χ4n) is 4.69. The number of nitrogens with zero attached hydrogens (tertiary/aromatic N) is 5. The van der Waals surface area contributed by atoms with E-state index < -0.39 is 0 Å². The third-order valence-electron chi connectivity index (χ3n) is 6.55. The minimum Gasteiger partial charge on any atom is -0.343 e. The molecule has 0 unspecified atom stereocenters. The summed E-state index contributed by atoms with van der Waals surface area (Å²) in [6.07, 6.45) is 12.7. The minimum atomic E-state index is 0.174. The third kappa shape index (κ3) is 5.14. The van der Waals surface area contributed by atoms with Gasteiger partial charge >= 0.3 is 6.03 Å². The van der Waals surface area contributed by atoms with E-state index >= 15 is 0 Å². The maximum atomic E-state index is 12.8. The van der Waals surface area contributed by atoms with Crippen molar-refractivity contribution in [2.45, 2.75) is 39.0 Å². The van der Waals surface area contributed by atoms with Gasteiger partial charge in [-0.15, -0.1) is 17.9 Å². The fourth-order valence-corrected chi connectivity index (χ4v) is 5.50. The van der Waals surface area contributed by atoms with Crippen molar-refractivity contribution >= 4 is 45.9 Å². The molecular weight excluding hydrogens is 458 g/mol. The summed E-state index contributed by atoms with van der Waals surface area (Å²) in [6.45, 7) is 8.98. The zero-order chi connectivity index (χ0) is 24.2. The number of aromatic amines is 1. The molecule has 2 aliphatic rings. The Kier molecular flexibility index (Phi) is 6.94. The van der Waals surface area contributed by atoms with E-state index in [1.165, 1.54) is 12.0 Å². The van der Waals surface area contributed by atoms with Crippen LogP contribution in [0.4, 0.5) is 10.6 Å². The quantitative estimate of drug-likeness (QED) is 0.458. The van der Waals surface area contributed by atoms with Crippen LogP contribution < -0.4 is 5.32 Å². The summed E-state index contributed by atoms with van der Waals surface area (Å²) in [6, 6.07) is 2.28. The van der Waals surface area contributed by atoms with Gasteiger partial charge in [0.25, 0.3) is 0 Å². The van der Waals surface area contributed by atoms with E-state index in [1.807, 2.05) is 28.3 Å². The Balaban J connectivity index is 1.31. The number of aromatic nitrogens is 4. The summed E-state index contributed by atoms with van der Waals surface area (Å²) in [5.41, 5.74) is 6.90. The zero-order valence-electron chi connectivity index (χ0n) is 20.1. The Hall–Kier alpha value is -3.46. The molecule has 0 bridgehead atoms. The van der Waals surface area contributed by atoms with E-state index in [9.17, 15) is 4.79 Å². The Bertz CT molecular complexity index is 1280. The number of H-pyrrole nitrogens is 1. The van der Waals surface area contributed by atoms with Gasteiger partial charge in [-0.05, 0) is 50.3 Å². The van der Waals surface area contributed by atoms with Gasteiger partial charge in [0.2, 0.25) is 0 Å². The minimum absolute atomic E-state index is 0.174. The second-order valence-corrected chi connectivity index (χ2v) is 9.92. The van der Waals surface area contributed by atoms with Crippen molar-refractivity contribution in [3.8, 4) is 0 Å². The first-order chi connectivity index (χ1) is 17.1. The average molecular weight is 490 g/mol. The van der Waals surface area contributed by atoms with Crippen LogP contribution in [-0.2, 0) is 6.42 Å². The number of urea groups is 1. The Labute approximate surface area is 209 Å². The number of carbonyl (C=O) groups excluding carboxylic acids is 1. The van der Waals surface area contributed by atoms with Crippen LogP contribution in [0.3, 0.4) is 0 Å². The lowest BCUT2D eigenvalue weighted by molar-refractivity contribution is 0.147. The smallest absolute Gasteiger partial charge is 0.320 e. The molecular formula is C26H31N7OS. The normalized spacial score (nSPS) is 16.9. The van der Waals surface area contributed by atoms with Crippen LogP contribution in [0.15, 0.2) is 42.3 Å². The van der Waals surface area contributed by atoms with Crippen molar-refractivity contribution in [1.82, 2.24) is 29.7 Å². The van der Waals surface area contributed by atoms with E-state index in [2.05, 4.69) is 50.1 Å². The van der Waals surface area contributed by atoms with E-state index in [1.54, 1.807) is 17.7 Å². The number of likely N-dealkylation sites (tertiary alicyclic amines) is 1. The number of hydrogen-bond donors (Lipinski definition) is 2. The average Bonchev–Trinajstić information content (AvgIpc) is 3.52. The summed E-state index contributed by atoms with van der Waals surface area (Å²) in [5, 5.41) is 4.38. The van der Waals surface area contributed by atoms with Crippen molar-refractivity contribution in [3.63, 3.8) is 0 Å². The first-order valence-electron chi connectivity index (χ1n) is 12.2. The van der Waals surface area contributed by atoms with Gasteiger partial charge in [-0.1, -0.05) is 12.2 Å². The van der Waals surface area contributed by atoms with Crippen molar-refractivity contribution in [2.24, 2.45) is 0 Å². The number of nitrogens with one attached hydrogen (secondary N) is 2. The molecule has 5 heterocycles. The molecule has 2 amide bonds. The lowest BCUT2D eigenvalue weighted by Crippen LogP contribution is -2.46. The number of piperidine rings is 1. The molecule has 3 aromatic heterocycles. The number of thiazole rings is 1. The van der Waals surface area contributed by atoms with Gasteiger partial charge in [0.1, 0.15) is 17.8 Å². The highest BCUT2D eigenvalue weighted by molar-refractivity contribution is 7.10. The van der Waals surface area contributed by atoms with Crippen LogP contribution >= 0.6 is 11.3 Å². The number of fused-ring (bicyclic) bond motifs is 1. The molecule has 0 aliphatic carbocycles. The maximum Gasteiger partial charge on any atom is 0.320 e. The highest BCUT2D eigenvalue weighted by atomic mass is 32.1. The summed E-state index contributed by atoms with van der Waals surface area (Å²) in [4.78, 5) is 34.7. The maximum absolute atomic E-state index is 12.8. The van der Waals surface area contributed by atoms with Crippen molar-refractivity contribution in [1.29, 1.82) is 0 Å². The van der Waals surface area contributed by atoms with Gasteiger partial charge in [-0.25, -0.2) is 19.7 Å². The Morgan fingerprint density at radius 2 is 2.06 bits per heavy atom. The largest absolute Gasteiger partial charge is 0.343 e. The lowest BCUT2D eigenvalue weighted by atomic mass is 10.0. The van der Waals surface area contributed by atoms with Gasteiger partial charge in [0.15, 0.2) is 0 Å². The standard InChI is InChI=1S/C26H31N7OS/c1-3-7-21-23(35-17-29-21)14-18(2)30-24-20-15-22(31-25(20)28-16-27-24)19-8-12-33(13-9-19)26(34)32-10-5-4-6-11-32/h3,8,14-17H,1,4-7,9-13H2,2H3,(H2,27,28,30,31)/b18-14+. The summed E-state index contributed by atoms with van der Waals surface area (Å²) in [5.74, 6) is 0.763. The van der Waals surface area contributed by atoms with Crippen LogP contribution in [-0.4, -0.2) is 61.9 Å². The van der Waals surface area contributed by atoms with Crippen LogP contribution in [0.25, 0.3) is 22.7 Å². The number of rotatable bonds is 6. The lowest BCUT2D eigenvalue weighted by Gasteiger charge is -2.34. The van der Waals surface area contributed by atoms with Crippen molar-refractivity contribution in [3.05, 3.63) is 58.6 Å². The van der Waals surface area contributed by atoms with E-state index in [0.29, 0.717) is 6.54 Å². The number of carbonyl (C=O) groups is 1. The molecule has 2 aliphatic heterocycles. The molecule has 0 atom stereocenters. The second kappa shape index (κ2) is 10.4. The summed E-state index contributed by atoms with van der Waals surface area (Å²) < 4.78 is 0. The monoisotopic (exact) mass is 489 g/mol. The molecule has 0 spiro atoms. The van der Waals surface area contributed by atoms with Gasteiger partial charge in [-0.2, -0.15) is 0 Å². The number of hydrogen-bond acceptors (Lipinski definition) is 6. The number of anilines is 1. The molecule has 8 nitrogen and oxygen atoms in total. The predicted octanol–water partition coefficient (Wildman–Crippen LogP) is 5.31. The van der Waals surface area contributed by atoms with Gasteiger partial charge in [0.05, 0.1) is 21.5 Å². The van der Waals surface area contributed by atoms with Gasteiger partial charge in [-0.3, -0.25) is 0 Å². The topological polar surface area (TPSA) is 90.0 Å². The predicted molar refractivity (Wildman–Crippen MR) is 142 cm³/mol. The van der Waals surface area contributed by atoms with Gasteiger partial charge in [0, 0.05) is 44.0 Å². The molecule has 1 saturated heterocycles. The molecule has 35 heavy (non-hydrogen) atoms. The molecule has 0 aromatic carbocycles. The van der Waals surface area contributed by atoms with Crippen LogP contribution in [0, 0.1) is 0 Å². The third-order valence-corrected chi connectivity index (χ3v) is 7.37. The van der Waals surface area contributed by atoms with E-state index in [0.717, 1.165) is 84.1 Å². The molecule has 1 fully saturated rings. The molecule has 5 rings (SSSR count). The Morgan fingerprint density at radius 3 is 2.83 bits per heavy atom. The summed E-state index contributed by atoms with van der Waals surface area (Å²) >= 11 is 1.61. The van der Waals surface area contributed by atoms with E-state index in [-0.39, 0.29) is 6.03 Å². The fraction of sp³-hybridized carbons (Fsp3) is 0.385. The van der Waals surface area contributed by atoms with Crippen molar-refractivity contribution < 1.29 is 4.79 Å². The van der Waals surface area contributed by atoms with Crippen molar-refractivity contribution in [2.75, 3.05) is 31.5 Å². The molecule has 0 saturated carbocycles. The first-order valence-corrected chi connectivity index (χ1v) is 13.1. The van der Waals surface area contributed by atoms with E-state index in [4.69, 9.17) is 0 Å². The molecule has 9 heteroatoms. The van der Waals surface area contributed by atoms with Crippen LogP contribution in [0.1, 0.15) is 48.9 Å². The molecule has 182 valence electrons. The highest BCUT2D eigenvalue weighted by Crippen LogP contribution is 2.29. The van der Waals surface area contributed by atoms with Crippen LogP contribution in [0.5, 0.6) is 0 Å². The number of amides is 2. The van der Waals surface area contributed by atoms with Crippen LogP contribution in [0.2, 0.25) is 0 Å². The molecule has 0 radical (unpaired) electrons. The second-order valence-electron chi connectivity index (χ2n) is 9.03. The van der Waals surface area contributed by atoms with Gasteiger partial charge < -0.3 is 20.1 Å². The number of allylic oxidation sites excluding steroid dienone is 2. The summed E-state index contributed by atoms with van der Waals surface area (Å²) in [7, 11) is 0. The molecule has 2 N–H and O–H groups in total. The highest BCUT2D eigenvalue weighted by Gasteiger charge is 2.24. The first kappa shape index (κ1) is 23.3. The SMILES string of the molecule is C=CCc1ncsc1/C=C(\C)Nc1ncnc2[nH]c(C3=CCN(C(=O)N4CCCCC4)CC3)cc12. The Morgan fingerprint density at radius 1 is 1.20 bits per heavy atom. The zero-order valence-corrected chi connectivity index (χ0v) is 20.9.